The van der Waals surface area contributed by atoms with Gasteiger partial charge in [0.05, 0.1) is 10.4 Å². The zero-order valence-corrected chi connectivity index (χ0v) is 19.5. The largest absolute Gasteiger partial charge is 0.305 e. The van der Waals surface area contributed by atoms with Gasteiger partial charge in [0, 0.05) is 23.7 Å². The van der Waals surface area contributed by atoms with Gasteiger partial charge in [0.1, 0.15) is 0 Å². The van der Waals surface area contributed by atoms with E-state index in [1.807, 2.05) is 61.5 Å². The molecule has 0 saturated carbocycles. The van der Waals surface area contributed by atoms with Gasteiger partial charge in [-0.1, -0.05) is 78.4 Å². The molecule has 1 N–H and O–H groups in total. The summed E-state index contributed by atoms with van der Waals surface area (Å²) in [6.07, 6.45) is 0. The molecule has 1 atom stereocenters. The first kappa shape index (κ1) is 21.4. The Bertz CT molecular complexity index is 1550. The van der Waals surface area contributed by atoms with Crippen LogP contribution in [-0.4, -0.2) is 12.4 Å². The molecule has 5 aromatic rings. The van der Waals surface area contributed by atoms with Crippen LogP contribution >= 0.6 is 0 Å². The first-order valence-electron chi connectivity index (χ1n) is 11.1. The maximum absolute atomic E-state index is 13.7. The Labute approximate surface area is 194 Å². The number of fused-ring (bicyclic) bond motifs is 2. The Balaban J connectivity index is 1.53. The van der Waals surface area contributed by atoms with Gasteiger partial charge in [-0.25, -0.2) is 12.4 Å². The van der Waals surface area contributed by atoms with Gasteiger partial charge in [-0.05, 0) is 54.4 Å². The minimum Gasteiger partial charge on any atom is -0.305 e. The normalized spacial score (nSPS) is 12.9. The first-order chi connectivity index (χ1) is 15.9. The third kappa shape index (κ3) is 3.94. The molecule has 166 valence electrons. The topological polar surface area (TPSA) is 51.1 Å². The van der Waals surface area contributed by atoms with Gasteiger partial charge in [0.2, 0.25) is 0 Å². The number of nitrogens with one attached hydrogen (secondary N) is 1. The maximum atomic E-state index is 13.7. The van der Waals surface area contributed by atoms with Gasteiger partial charge in [0.25, 0.3) is 10.0 Å². The van der Waals surface area contributed by atoms with E-state index < -0.39 is 10.0 Å². The average molecular weight is 455 g/mol. The van der Waals surface area contributed by atoms with Crippen molar-refractivity contribution in [1.29, 1.82) is 0 Å². The van der Waals surface area contributed by atoms with Crippen LogP contribution in [-0.2, 0) is 16.6 Å². The highest BCUT2D eigenvalue weighted by Crippen LogP contribution is 2.28. The summed E-state index contributed by atoms with van der Waals surface area (Å²) in [5, 5.41) is 6.86. The number of para-hydroxylation sites is 1. The minimum atomic E-state index is -3.74. The molecule has 4 aromatic carbocycles. The van der Waals surface area contributed by atoms with Gasteiger partial charge in [0.15, 0.2) is 0 Å². The van der Waals surface area contributed by atoms with E-state index in [9.17, 15) is 8.42 Å². The van der Waals surface area contributed by atoms with Crippen molar-refractivity contribution in [1.82, 2.24) is 9.29 Å². The lowest BCUT2D eigenvalue weighted by atomic mass is 10.00. The molecule has 0 saturated heterocycles. The third-order valence-electron chi connectivity index (χ3n) is 6.18. The lowest BCUT2D eigenvalue weighted by molar-refractivity contribution is 0.559. The van der Waals surface area contributed by atoms with Crippen LogP contribution in [0.5, 0.6) is 0 Å². The Hall–Kier alpha value is -3.41. The molecule has 0 fully saturated rings. The Kier molecular flexibility index (Phi) is 5.52. The van der Waals surface area contributed by atoms with Crippen molar-refractivity contribution in [2.45, 2.75) is 31.3 Å². The van der Waals surface area contributed by atoms with E-state index in [4.69, 9.17) is 0 Å². The number of aromatic nitrogens is 1. The summed E-state index contributed by atoms with van der Waals surface area (Å²) in [5.74, 6) is 0. The SMILES string of the molecule is Cc1ccc(S(=O)(=O)n2c(CN[C@H](C)c3cccc4ccccc34)cc3ccccc32)cc1. The molecule has 0 spiro atoms. The predicted molar refractivity (Wildman–Crippen MR) is 135 cm³/mol. The number of nitrogens with zero attached hydrogens (tertiary/aromatic N) is 1. The zero-order valence-electron chi connectivity index (χ0n) is 18.7. The van der Waals surface area contributed by atoms with E-state index >= 15 is 0 Å². The second-order valence-electron chi connectivity index (χ2n) is 8.45. The molecule has 0 amide bonds. The number of benzene rings is 4. The van der Waals surface area contributed by atoms with Crippen LogP contribution in [0, 0.1) is 6.92 Å². The average Bonchev–Trinajstić information content (AvgIpc) is 3.22. The van der Waals surface area contributed by atoms with Crippen LogP contribution < -0.4 is 5.32 Å². The van der Waals surface area contributed by atoms with E-state index in [1.165, 1.54) is 20.3 Å². The molecule has 0 radical (unpaired) electrons. The van der Waals surface area contributed by atoms with E-state index in [-0.39, 0.29) is 10.9 Å². The van der Waals surface area contributed by atoms with Crippen LogP contribution in [0.25, 0.3) is 21.7 Å². The van der Waals surface area contributed by atoms with E-state index in [2.05, 4.69) is 42.6 Å². The first-order valence-corrected chi connectivity index (χ1v) is 12.5. The molecular weight excluding hydrogens is 428 g/mol. The second-order valence-corrected chi connectivity index (χ2v) is 10.2. The van der Waals surface area contributed by atoms with Crippen molar-refractivity contribution < 1.29 is 8.42 Å². The molecule has 0 aliphatic heterocycles. The Morgan fingerprint density at radius 1 is 0.818 bits per heavy atom. The predicted octanol–water partition coefficient (Wildman–Crippen LogP) is 6.19. The number of hydrogen-bond acceptors (Lipinski definition) is 3. The lowest BCUT2D eigenvalue weighted by Crippen LogP contribution is -2.23. The van der Waals surface area contributed by atoms with Crippen molar-refractivity contribution in [2.75, 3.05) is 0 Å². The van der Waals surface area contributed by atoms with Crippen LogP contribution in [0.4, 0.5) is 0 Å². The van der Waals surface area contributed by atoms with Crippen molar-refractivity contribution in [3.8, 4) is 0 Å². The molecule has 33 heavy (non-hydrogen) atoms. The van der Waals surface area contributed by atoms with Gasteiger partial charge in [-0.2, -0.15) is 0 Å². The fourth-order valence-corrected chi connectivity index (χ4v) is 5.95. The number of aryl methyl sites for hydroxylation is 1. The Morgan fingerprint density at radius 3 is 2.27 bits per heavy atom. The fraction of sp³-hybridized carbons (Fsp3) is 0.143. The molecule has 1 heterocycles. The Morgan fingerprint density at radius 2 is 1.48 bits per heavy atom. The van der Waals surface area contributed by atoms with Gasteiger partial charge in [-0.3, -0.25) is 0 Å². The summed E-state index contributed by atoms with van der Waals surface area (Å²) in [7, 11) is -3.74. The number of hydrogen-bond donors (Lipinski definition) is 1. The highest BCUT2D eigenvalue weighted by Gasteiger charge is 2.23. The second kappa shape index (κ2) is 8.50. The number of rotatable bonds is 6. The third-order valence-corrected chi connectivity index (χ3v) is 7.96. The van der Waals surface area contributed by atoms with E-state index in [1.54, 1.807) is 12.1 Å². The fourth-order valence-electron chi connectivity index (χ4n) is 4.41. The van der Waals surface area contributed by atoms with Crippen LogP contribution in [0.1, 0.15) is 29.8 Å². The molecule has 0 unspecified atom stereocenters. The summed E-state index contributed by atoms with van der Waals surface area (Å²) < 4.78 is 28.8. The van der Waals surface area contributed by atoms with Crippen molar-refractivity contribution in [3.05, 3.63) is 114 Å². The summed E-state index contributed by atoms with van der Waals surface area (Å²) in [6, 6.07) is 31.3. The molecule has 0 aliphatic rings. The quantitative estimate of drug-likeness (QED) is 0.333. The van der Waals surface area contributed by atoms with E-state index in [0.29, 0.717) is 17.8 Å². The van der Waals surface area contributed by atoms with E-state index in [0.717, 1.165) is 10.9 Å². The summed E-state index contributed by atoms with van der Waals surface area (Å²) in [6.45, 7) is 4.48. The molecule has 1 aromatic heterocycles. The van der Waals surface area contributed by atoms with Crippen LogP contribution in [0.15, 0.2) is 102 Å². The van der Waals surface area contributed by atoms with Crippen LogP contribution in [0.2, 0.25) is 0 Å². The lowest BCUT2D eigenvalue weighted by Gasteiger charge is -2.18. The van der Waals surface area contributed by atoms with Gasteiger partial charge in [-0.15, -0.1) is 0 Å². The van der Waals surface area contributed by atoms with Crippen molar-refractivity contribution in [3.63, 3.8) is 0 Å². The summed E-state index contributed by atoms with van der Waals surface area (Å²) in [5.41, 5.74) is 3.62. The minimum absolute atomic E-state index is 0.0460. The van der Waals surface area contributed by atoms with Gasteiger partial charge < -0.3 is 5.32 Å². The summed E-state index contributed by atoms with van der Waals surface area (Å²) >= 11 is 0. The van der Waals surface area contributed by atoms with Crippen molar-refractivity contribution >= 4 is 31.7 Å². The zero-order chi connectivity index (χ0) is 23.0. The maximum Gasteiger partial charge on any atom is 0.268 e. The van der Waals surface area contributed by atoms with Crippen molar-refractivity contribution in [2.24, 2.45) is 0 Å². The smallest absolute Gasteiger partial charge is 0.268 e. The molecular formula is C28H26N2O2S. The monoisotopic (exact) mass is 454 g/mol. The van der Waals surface area contributed by atoms with Gasteiger partial charge >= 0.3 is 0 Å². The molecule has 5 rings (SSSR count). The van der Waals surface area contributed by atoms with Crippen LogP contribution in [0.3, 0.4) is 0 Å². The molecule has 0 bridgehead atoms. The molecule has 5 heteroatoms. The standard InChI is InChI=1S/C28H26N2O2S/c1-20-14-16-25(17-15-20)33(31,32)30-24(18-23-9-4-6-13-28(23)30)19-29-21(2)26-12-7-10-22-8-3-5-11-27(22)26/h3-18,21,29H,19H2,1-2H3/t21-/m1/s1. The summed E-state index contributed by atoms with van der Waals surface area (Å²) in [4.78, 5) is 0.290. The molecule has 4 nitrogen and oxygen atoms in total. The highest BCUT2D eigenvalue weighted by molar-refractivity contribution is 7.90. The highest BCUT2D eigenvalue weighted by atomic mass is 32.2. The molecule has 0 aliphatic carbocycles.